The summed E-state index contributed by atoms with van der Waals surface area (Å²) in [4.78, 5) is 14.9. The average molecular weight is 233 g/mol. The average Bonchev–Trinajstić information content (AvgIpc) is 3.02. The van der Waals surface area contributed by atoms with Crippen molar-refractivity contribution in [1.29, 1.82) is 5.53 Å². The SMILES string of the molecule is N=[N+]=CC(=O)C1OC12C1CC3CC(C1)CC2C3. The van der Waals surface area contributed by atoms with Crippen molar-refractivity contribution >= 4 is 12.0 Å². The van der Waals surface area contributed by atoms with Crippen molar-refractivity contribution in [3.8, 4) is 0 Å². The highest BCUT2D eigenvalue weighted by molar-refractivity contribution is 6.28. The highest BCUT2D eigenvalue weighted by Gasteiger charge is 2.73. The summed E-state index contributed by atoms with van der Waals surface area (Å²) in [5.74, 6) is 2.91. The van der Waals surface area contributed by atoms with Crippen molar-refractivity contribution in [1.82, 2.24) is 0 Å². The third-order valence-electron chi connectivity index (χ3n) is 5.54. The summed E-state index contributed by atoms with van der Waals surface area (Å²) in [6, 6.07) is 0. The van der Waals surface area contributed by atoms with Gasteiger partial charge in [-0.15, -0.1) is 0 Å². The first-order chi connectivity index (χ1) is 8.24. The van der Waals surface area contributed by atoms with E-state index in [1.807, 2.05) is 0 Å². The Labute approximate surface area is 100.0 Å². The largest absolute Gasteiger partial charge is 0.375 e. The van der Waals surface area contributed by atoms with E-state index in [4.69, 9.17) is 10.3 Å². The zero-order chi connectivity index (χ0) is 11.6. The molecule has 4 saturated carbocycles. The lowest BCUT2D eigenvalue weighted by Gasteiger charge is -2.53. The summed E-state index contributed by atoms with van der Waals surface area (Å²) in [5.41, 5.74) is 6.61. The number of hydrogen-bond donors (Lipinski definition) is 1. The standard InChI is InChI=1S/C13H17N2O2/c14-15-6-11(16)12-13(17-12)9-2-7-1-8(4-9)5-10(13)3-7/h6-10,12,14H,1-5H2/q+1. The van der Waals surface area contributed by atoms with Gasteiger partial charge in [0.1, 0.15) is 5.60 Å². The molecule has 1 saturated heterocycles. The molecule has 4 bridgehead atoms. The topological polar surface area (TPSA) is 67.5 Å². The fourth-order valence-corrected chi connectivity index (χ4v) is 5.12. The third-order valence-corrected chi connectivity index (χ3v) is 5.54. The number of carbonyl (C=O) groups is 1. The monoisotopic (exact) mass is 233 g/mol. The number of carbonyl (C=O) groups excluding carboxylic acids is 1. The van der Waals surface area contributed by atoms with Crippen LogP contribution in [0.4, 0.5) is 0 Å². The Morgan fingerprint density at radius 3 is 2.29 bits per heavy atom. The van der Waals surface area contributed by atoms with E-state index in [0.29, 0.717) is 11.8 Å². The molecule has 5 fully saturated rings. The van der Waals surface area contributed by atoms with Gasteiger partial charge < -0.3 is 4.74 Å². The smallest absolute Gasteiger partial charge is 0.356 e. The molecule has 17 heavy (non-hydrogen) atoms. The van der Waals surface area contributed by atoms with Gasteiger partial charge >= 0.3 is 6.21 Å². The molecule has 5 aliphatic rings. The van der Waals surface area contributed by atoms with E-state index in [1.165, 1.54) is 32.1 Å². The third kappa shape index (κ3) is 1.15. The van der Waals surface area contributed by atoms with Gasteiger partial charge in [0.25, 0.3) is 5.78 Å². The number of nitrogens with one attached hydrogen (secondary N) is 1. The maximum absolute atomic E-state index is 11.8. The lowest BCUT2D eigenvalue weighted by molar-refractivity contribution is -0.132. The van der Waals surface area contributed by atoms with E-state index in [0.717, 1.165) is 18.1 Å². The van der Waals surface area contributed by atoms with Crippen LogP contribution in [0.3, 0.4) is 0 Å². The predicted molar refractivity (Wildman–Crippen MR) is 58.7 cm³/mol. The molecule has 1 spiro atoms. The van der Waals surface area contributed by atoms with Gasteiger partial charge in [-0.05, 0) is 55.8 Å². The van der Waals surface area contributed by atoms with E-state index in [-0.39, 0.29) is 17.5 Å². The van der Waals surface area contributed by atoms with Gasteiger partial charge in [-0.25, -0.2) is 0 Å². The minimum absolute atomic E-state index is 0.0903. The zero-order valence-corrected chi connectivity index (χ0v) is 9.76. The van der Waals surface area contributed by atoms with Crippen molar-refractivity contribution in [2.45, 2.75) is 43.8 Å². The van der Waals surface area contributed by atoms with Gasteiger partial charge in [-0.2, -0.15) is 0 Å². The van der Waals surface area contributed by atoms with Gasteiger partial charge in [0.15, 0.2) is 6.10 Å². The van der Waals surface area contributed by atoms with Crippen LogP contribution < -0.4 is 0 Å². The van der Waals surface area contributed by atoms with Crippen LogP contribution in [0.15, 0.2) is 0 Å². The summed E-state index contributed by atoms with van der Waals surface area (Å²) >= 11 is 0. The maximum atomic E-state index is 11.8. The second-order valence-corrected chi connectivity index (χ2v) is 6.32. The molecular weight excluding hydrogens is 216 g/mol. The van der Waals surface area contributed by atoms with Crippen LogP contribution in [0, 0.1) is 29.2 Å². The maximum Gasteiger partial charge on any atom is 0.375 e. The Morgan fingerprint density at radius 2 is 1.76 bits per heavy atom. The number of hydrogen-bond acceptors (Lipinski definition) is 3. The summed E-state index contributed by atoms with van der Waals surface area (Å²) in [6.45, 7) is 0. The molecule has 1 atom stereocenters. The summed E-state index contributed by atoms with van der Waals surface area (Å²) in [5, 5.41) is 0. The van der Waals surface area contributed by atoms with E-state index in [2.05, 4.69) is 4.79 Å². The molecule has 0 aromatic carbocycles. The number of ether oxygens (including phenoxy) is 1. The second kappa shape index (κ2) is 3.06. The summed E-state index contributed by atoms with van der Waals surface area (Å²) in [6.07, 6.45) is 7.29. The molecule has 1 heterocycles. The number of rotatable bonds is 2. The number of nitrogens with zero attached hydrogens (tertiary/aromatic N) is 1. The first kappa shape index (κ1) is 9.98. The van der Waals surface area contributed by atoms with Crippen molar-refractivity contribution in [2.24, 2.45) is 23.7 Å². The Bertz CT molecular complexity index is 411. The van der Waals surface area contributed by atoms with Crippen molar-refractivity contribution in [2.75, 3.05) is 0 Å². The van der Waals surface area contributed by atoms with Crippen LogP contribution in [0.1, 0.15) is 32.1 Å². The highest BCUT2D eigenvalue weighted by atomic mass is 16.6. The number of epoxide rings is 1. The van der Waals surface area contributed by atoms with Crippen LogP contribution in [0.25, 0.3) is 0 Å². The van der Waals surface area contributed by atoms with Crippen LogP contribution >= 0.6 is 0 Å². The van der Waals surface area contributed by atoms with E-state index in [9.17, 15) is 4.79 Å². The lowest BCUT2D eigenvalue weighted by atomic mass is 9.50. The van der Waals surface area contributed by atoms with Crippen molar-refractivity contribution in [3.63, 3.8) is 0 Å². The Kier molecular flexibility index (Phi) is 1.80. The molecule has 4 aliphatic carbocycles. The van der Waals surface area contributed by atoms with Crippen LogP contribution in [0.2, 0.25) is 0 Å². The van der Waals surface area contributed by atoms with E-state index >= 15 is 0 Å². The second-order valence-electron chi connectivity index (χ2n) is 6.32. The van der Waals surface area contributed by atoms with Crippen molar-refractivity contribution < 1.29 is 14.3 Å². The molecule has 1 N–H and O–H groups in total. The Balaban J connectivity index is 1.64. The first-order valence-electron chi connectivity index (χ1n) is 6.65. The molecule has 90 valence electrons. The Morgan fingerprint density at radius 1 is 1.18 bits per heavy atom. The Hall–Kier alpha value is -0.990. The molecular formula is C13H17N2O2+. The van der Waals surface area contributed by atoms with E-state index < -0.39 is 0 Å². The predicted octanol–water partition coefficient (Wildman–Crippen LogP) is 1.46. The van der Waals surface area contributed by atoms with E-state index in [1.54, 1.807) is 0 Å². The molecule has 1 aliphatic heterocycles. The fourth-order valence-electron chi connectivity index (χ4n) is 5.12. The van der Waals surface area contributed by atoms with Crippen LogP contribution in [0.5, 0.6) is 0 Å². The molecule has 0 radical (unpaired) electrons. The molecule has 4 heteroatoms. The molecule has 0 amide bonds. The minimum Gasteiger partial charge on any atom is -0.356 e. The molecule has 1 unspecified atom stereocenters. The van der Waals surface area contributed by atoms with Crippen LogP contribution in [-0.4, -0.2) is 28.5 Å². The quantitative estimate of drug-likeness (QED) is 0.339. The highest BCUT2D eigenvalue weighted by Crippen LogP contribution is 2.66. The zero-order valence-electron chi connectivity index (χ0n) is 9.76. The normalized spacial score (nSPS) is 53.5. The van der Waals surface area contributed by atoms with Gasteiger partial charge in [0.2, 0.25) is 0 Å². The van der Waals surface area contributed by atoms with Crippen LogP contribution in [-0.2, 0) is 9.53 Å². The van der Waals surface area contributed by atoms with Gasteiger partial charge in [0.05, 0.1) is 10.3 Å². The minimum atomic E-state index is -0.272. The molecule has 5 rings (SSSR count). The molecule has 0 aromatic heterocycles. The summed E-state index contributed by atoms with van der Waals surface area (Å²) < 4.78 is 5.87. The van der Waals surface area contributed by atoms with Gasteiger partial charge in [-0.1, -0.05) is 0 Å². The fraction of sp³-hybridized carbons (Fsp3) is 0.846. The van der Waals surface area contributed by atoms with Crippen molar-refractivity contribution in [3.05, 3.63) is 0 Å². The molecule has 4 nitrogen and oxygen atoms in total. The lowest BCUT2D eigenvalue weighted by Crippen LogP contribution is -2.52. The van der Waals surface area contributed by atoms with Gasteiger partial charge in [0, 0.05) is 0 Å². The number of Topliss-reactive ketones (excluding diaryl/α,β-unsaturated/α-hetero) is 1. The van der Waals surface area contributed by atoms with Gasteiger partial charge in [-0.3, -0.25) is 4.79 Å². The summed E-state index contributed by atoms with van der Waals surface area (Å²) in [7, 11) is 0. The first-order valence-corrected chi connectivity index (χ1v) is 6.65. The number of ketones is 1. The molecule has 0 aromatic rings.